The highest BCUT2D eigenvalue weighted by atomic mass is 16.3. The van der Waals surface area contributed by atoms with Crippen LogP contribution in [0.1, 0.15) is 56.5 Å². The summed E-state index contributed by atoms with van der Waals surface area (Å²) in [6.07, 6.45) is 8.19. The van der Waals surface area contributed by atoms with E-state index < -0.39 is 11.2 Å². The highest BCUT2D eigenvalue weighted by Crippen LogP contribution is 2.24. The number of aliphatic hydroxyl groups is 2. The second kappa shape index (κ2) is 7.68. The van der Waals surface area contributed by atoms with Gasteiger partial charge in [-0.05, 0) is 52.5 Å². The molecule has 0 saturated heterocycles. The van der Waals surface area contributed by atoms with Crippen molar-refractivity contribution in [1.82, 2.24) is 0 Å². The second-order valence-electron chi connectivity index (χ2n) is 7.99. The van der Waals surface area contributed by atoms with Gasteiger partial charge in [0.25, 0.3) is 0 Å². The molecule has 1 aromatic carbocycles. The molecule has 26 heavy (non-hydrogen) atoms. The fraction of sp³-hybridized carbons (Fsp3) is 0.455. The Labute approximate surface area is 155 Å². The van der Waals surface area contributed by atoms with E-state index in [1.165, 1.54) is 33.3 Å². The van der Waals surface area contributed by atoms with Crippen LogP contribution in [0.15, 0.2) is 48.1 Å². The topological polar surface area (TPSA) is 74.6 Å². The lowest BCUT2D eigenvalue weighted by atomic mass is 9.85. The minimum Gasteiger partial charge on any atom is -0.383 e. The van der Waals surface area contributed by atoms with Crippen molar-refractivity contribution in [2.45, 2.75) is 58.2 Å². The predicted octanol–water partition coefficient (Wildman–Crippen LogP) is 3.42. The van der Waals surface area contributed by atoms with Crippen LogP contribution in [0.5, 0.6) is 0 Å². The van der Waals surface area contributed by atoms with Gasteiger partial charge in [-0.2, -0.15) is 0 Å². The summed E-state index contributed by atoms with van der Waals surface area (Å²) >= 11 is 0. The van der Waals surface area contributed by atoms with E-state index in [0.29, 0.717) is 12.0 Å². The second-order valence-corrected chi connectivity index (χ2v) is 7.99. The summed E-state index contributed by atoms with van der Waals surface area (Å²) in [6.45, 7) is 6.02. The fourth-order valence-corrected chi connectivity index (χ4v) is 2.96. The number of carbonyl (C=O) groups is 2. The Kier molecular flexibility index (Phi) is 5.99. The first-order valence-electron chi connectivity index (χ1n) is 8.98. The lowest BCUT2D eigenvalue weighted by Gasteiger charge is -2.22. The summed E-state index contributed by atoms with van der Waals surface area (Å²) in [5.41, 5.74) is 0.118. The zero-order chi connectivity index (χ0) is 19.5. The molecule has 1 aromatic rings. The van der Waals surface area contributed by atoms with Gasteiger partial charge in [-0.1, -0.05) is 48.1 Å². The summed E-state index contributed by atoms with van der Waals surface area (Å²) in [5.74, 6) is -0.702. The molecule has 0 radical (unpaired) electrons. The SMILES string of the molecule is CC(C)(O)C(=O)c1ccc(CCC2=CCC(C(=O)C(C)(C)O)C=C2)cc1. The Morgan fingerprint density at radius 2 is 1.62 bits per heavy atom. The van der Waals surface area contributed by atoms with Crippen LogP contribution < -0.4 is 0 Å². The van der Waals surface area contributed by atoms with Crippen molar-refractivity contribution in [3.05, 3.63) is 59.2 Å². The Balaban J connectivity index is 1.91. The average molecular weight is 356 g/mol. The zero-order valence-corrected chi connectivity index (χ0v) is 16.0. The minimum atomic E-state index is -1.36. The molecule has 0 fully saturated rings. The molecule has 0 aromatic heterocycles. The van der Waals surface area contributed by atoms with E-state index in [0.717, 1.165) is 18.4 Å². The molecular weight excluding hydrogens is 328 g/mol. The van der Waals surface area contributed by atoms with Gasteiger partial charge in [0, 0.05) is 11.5 Å². The van der Waals surface area contributed by atoms with Gasteiger partial charge in [0.2, 0.25) is 0 Å². The Hall–Kier alpha value is -2.04. The molecule has 0 aliphatic heterocycles. The van der Waals surface area contributed by atoms with Crippen molar-refractivity contribution in [3.8, 4) is 0 Å². The first-order chi connectivity index (χ1) is 12.0. The van der Waals surface area contributed by atoms with Crippen LogP contribution >= 0.6 is 0 Å². The van der Waals surface area contributed by atoms with Crippen LogP contribution in [0.25, 0.3) is 0 Å². The number of ketones is 2. The van der Waals surface area contributed by atoms with Gasteiger partial charge in [-0.3, -0.25) is 9.59 Å². The van der Waals surface area contributed by atoms with Crippen molar-refractivity contribution < 1.29 is 19.8 Å². The van der Waals surface area contributed by atoms with Gasteiger partial charge in [0.1, 0.15) is 11.2 Å². The van der Waals surface area contributed by atoms with E-state index in [1.807, 2.05) is 24.3 Å². The summed E-state index contributed by atoms with van der Waals surface area (Å²) in [6, 6.07) is 7.32. The summed E-state index contributed by atoms with van der Waals surface area (Å²) < 4.78 is 0. The van der Waals surface area contributed by atoms with Gasteiger partial charge >= 0.3 is 0 Å². The van der Waals surface area contributed by atoms with Crippen LogP contribution in [-0.4, -0.2) is 33.0 Å². The van der Waals surface area contributed by atoms with Crippen molar-refractivity contribution in [3.63, 3.8) is 0 Å². The quantitative estimate of drug-likeness (QED) is 0.734. The number of allylic oxidation sites excluding steroid dienone is 4. The van der Waals surface area contributed by atoms with E-state index in [1.54, 1.807) is 12.1 Å². The third-order valence-corrected chi connectivity index (χ3v) is 4.59. The van der Waals surface area contributed by atoms with Gasteiger partial charge in [0.15, 0.2) is 11.6 Å². The first-order valence-corrected chi connectivity index (χ1v) is 8.98. The molecule has 0 heterocycles. The van der Waals surface area contributed by atoms with Crippen LogP contribution in [0.4, 0.5) is 0 Å². The van der Waals surface area contributed by atoms with Crippen molar-refractivity contribution in [1.29, 1.82) is 0 Å². The number of hydrogen-bond donors (Lipinski definition) is 2. The van der Waals surface area contributed by atoms with E-state index >= 15 is 0 Å². The van der Waals surface area contributed by atoms with Crippen molar-refractivity contribution in [2.24, 2.45) is 5.92 Å². The normalized spacial score (nSPS) is 17.8. The molecule has 4 nitrogen and oxygen atoms in total. The van der Waals surface area contributed by atoms with E-state index in [4.69, 9.17) is 0 Å². The van der Waals surface area contributed by atoms with Gasteiger partial charge < -0.3 is 10.2 Å². The summed E-state index contributed by atoms with van der Waals surface area (Å²) in [5, 5.41) is 19.6. The number of hydrogen-bond acceptors (Lipinski definition) is 4. The number of benzene rings is 1. The average Bonchev–Trinajstić information content (AvgIpc) is 2.58. The van der Waals surface area contributed by atoms with Crippen LogP contribution in [0, 0.1) is 5.92 Å². The molecule has 0 saturated carbocycles. The molecule has 140 valence electrons. The molecule has 0 spiro atoms. The molecule has 1 atom stereocenters. The van der Waals surface area contributed by atoms with E-state index in [-0.39, 0.29) is 17.5 Å². The zero-order valence-electron chi connectivity index (χ0n) is 16.0. The van der Waals surface area contributed by atoms with Crippen LogP contribution in [0.3, 0.4) is 0 Å². The minimum absolute atomic E-state index is 0.156. The molecule has 1 aliphatic carbocycles. The maximum absolute atomic E-state index is 12.1. The Morgan fingerprint density at radius 3 is 2.08 bits per heavy atom. The molecule has 2 N–H and O–H groups in total. The molecule has 4 heteroatoms. The lowest BCUT2D eigenvalue weighted by molar-refractivity contribution is -0.136. The third kappa shape index (κ3) is 5.23. The third-order valence-electron chi connectivity index (χ3n) is 4.59. The van der Waals surface area contributed by atoms with Gasteiger partial charge in [-0.25, -0.2) is 0 Å². The van der Waals surface area contributed by atoms with Gasteiger partial charge in [-0.15, -0.1) is 0 Å². The Morgan fingerprint density at radius 1 is 1.00 bits per heavy atom. The van der Waals surface area contributed by atoms with Crippen LogP contribution in [0.2, 0.25) is 0 Å². The Bertz CT molecular complexity index is 725. The molecule has 1 aliphatic rings. The molecule has 1 unspecified atom stereocenters. The number of carbonyl (C=O) groups excluding carboxylic acids is 2. The fourth-order valence-electron chi connectivity index (χ4n) is 2.96. The highest BCUT2D eigenvalue weighted by molar-refractivity contribution is 6.01. The molecule has 2 rings (SSSR count). The maximum Gasteiger partial charge on any atom is 0.193 e. The van der Waals surface area contributed by atoms with Gasteiger partial charge in [0.05, 0.1) is 0 Å². The largest absolute Gasteiger partial charge is 0.383 e. The lowest BCUT2D eigenvalue weighted by Crippen LogP contribution is -2.36. The monoisotopic (exact) mass is 356 g/mol. The first kappa shape index (κ1) is 20.3. The van der Waals surface area contributed by atoms with Crippen molar-refractivity contribution >= 4 is 11.6 Å². The van der Waals surface area contributed by atoms with E-state index in [9.17, 15) is 19.8 Å². The van der Waals surface area contributed by atoms with E-state index in [2.05, 4.69) is 6.08 Å². The van der Waals surface area contributed by atoms with Crippen LogP contribution in [-0.2, 0) is 11.2 Å². The maximum atomic E-state index is 12.1. The van der Waals surface area contributed by atoms with Crippen molar-refractivity contribution in [2.75, 3.05) is 0 Å². The molecule has 0 amide bonds. The smallest absolute Gasteiger partial charge is 0.193 e. The summed E-state index contributed by atoms with van der Waals surface area (Å²) in [4.78, 5) is 24.1. The summed E-state index contributed by atoms with van der Waals surface area (Å²) in [7, 11) is 0. The number of Topliss-reactive ketones (excluding diaryl/α,β-unsaturated/α-hetero) is 2. The highest BCUT2D eigenvalue weighted by Gasteiger charge is 2.30. The molecule has 0 bridgehead atoms. The predicted molar refractivity (Wildman–Crippen MR) is 102 cm³/mol. The molecular formula is C22H28O4. The number of aryl methyl sites for hydroxylation is 1. The number of rotatable bonds is 7. The standard InChI is InChI=1S/C22H28O4/c1-21(2,25)19(23)17-11-7-15(8-12-17)5-6-16-9-13-18(14-10-16)20(24)22(3,4)26/h7-13,18,25-26H,5-6,14H2,1-4H3.